The number of amides is 2. The Balaban J connectivity index is 1.30. The van der Waals surface area contributed by atoms with Crippen LogP contribution in [0.15, 0.2) is 66.7 Å². The molecule has 1 unspecified atom stereocenters. The summed E-state index contributed by atoms with van der Waals surface area (Å²) in [5.74, 6) is -0.398. The number of hydrogen-bond donors (Lipinski definition) is 2. The lowest BCUT2D eigenvalue weighted by molar-refractivity contribution is 0.232. The van der Waals surface area contributed by atoms with Gasteiger partial charge in [-0.1, -0.05) is 72.4 Å². The summed E-state index contributed by atoms with van der Waals surface area (Å²) in [4.78, 5) is 12.8. The first kappa shape index (κ1) is 29.8. The highest BCUT2D eigenvalue weighted by atomic mass is 35.5. The summed E-state index contributed by atoms with van der Waals surface area (Å²) in [5, 5.41) is 6.03. The number of carbonyl (C=O) groups is 1. The second-order valence-electron chi connectivity index (χ2n) is 10.9. The highest BCUT2D eigenvalue weighted by Gasteiger charge is 2.37. The number of halogens is 3. The van der Waals surface area contributed by atoms with Crippen LogP contribution in [0.2, 0.25) is 10.0 Å². The summed E-state index contributed by atoms with van der Waals surface area (Å²) in [6.45, 7) is 1.33. The molecule has 1 saturated heterocycles. The molecule has 10 heteroatoms. The van der Waals surface area contributed by atoms with Crippen LogP contribution in [0.1, 0.15) is 50.0 Å². The minimum atomic E-state index is -3.28. The fourth-order valence-corrected chi connectivity index (χ4v) is 8.47. The van der Waals surface area contributed by atoms with Gasteiger partial charge in [-0.15, -0.1) is 0 Å². The third-order valence-electron chi connectivity index (χ3n) is 8.31. The molecule has 41 heavy (non-hydrogen) atoms. The van der Waals surface area contributed by atoms with Crippen LogP contribution in [0.5, 0.6) is 0 Å². The molecule has 5 rings (SSSR count). The topological polar surface area (TPSA) is 78.5 Å². The summed E-state index contributed by atoms with van der Waals surface area (Å²) in [5.41, 5.74) is 3.51. The summed E-state index contributed by atoms with van der Waals surface area (Å²) >= 11 is 12.0. The molecule has 0 radical (unpaired) electrons. The van der Waals surface area contributed by atoms with E-state index in [9.17, 15) is 17.6 Å². The molecule has 218 valence electrons. The summed E-state index contributed by atoms with van der Waals surface area (Å²) in [7, 11) is -3.28. The highest BCUT2D eigenvalue weighted by molar-refractivity contribution is 7.89. The molecule has 1 aliphatic heterocycles. The molecule has 2 aliphatic rings. The number of piperidine rings is 1. The zero-order valence-electron chi connectivity index (χ0n) is 22.7. The summed E-state index contributed by atoms with van der Waals surface area (Å²) in [6.07, 6.45) is 4.88. The maximum absolute atomic E-state index is 13.5. The van der Waals surface area contributed by atoms with Gasteiger partial charge < -0.3 is 10.6 Å². The second kappa shape index (κ2) is 13.1. The van der Waals surface area contributed by atoms with E-state index in [0.717, 1.165) is 42.4 Å². The molecule has 2 N–H and O–H groups in total. The minimum Gasteiger partial charge on any atom is -0.337 e. The molecule has 0 bridgehead atoms. The van der Waals surface area contributed by atoms with Gasteiger partial charge in [0.1, 0.15) is 5.82 Å². The van der Waals surface area contributed by atoms with Crippen LogP contribution in [0, 0.1) is 11.7 Å². The zero-order chi connectivity index (χ0) is 29.0. The Morgan fingerprint density at radius 3 is 2.29 bits per heavy atom. The van der Waals surface area contributed by atoms with Crippen molar-refractivity contribution in [3.63, 3.8) is 0 Å². The van der Waals surface area contributed by atoms with Gasteiger partial charge in [0.25, 0.3) is 0 Å². The van der Waals surface area contributed by atoms with Gasteiger partial charge >= 0.3 is 6.03 Å². The molecule has 1 saturated carbocycles. The number of nitrogens with zero attached hydrogens (tertiary/aromatic N) is 1. The van der Waals surface area contributed by atoms with E-state index < -0.39 is 21.9 Å². The summed E-state index contributed by atoms with van der Waals surface area (Å²) in [6, 6.07) is 19.5. The molecule has 6 nitrogen and oxygen atoms in total. The average Bonchev–Trinajstić information content (AvgIpc) is 3.52. The van der Waals surface area contributed by atoms with Gasteiger partial charge in [0.2, 0.25) is 10.0 Å². The van der Waals surface area contributed by atoms with Crippen molar-refractivity contribution in [2.75, 3.05) is 25.0 Å². The predicted molar refractivity (Wildman–Crippen MR) is 164 cm³/mol. The van der Waals surface area contributed by atoms with Crippen molar-refractivity contribution in [1.82, 2.24) is 9.62 Å². The number of hydrogen-bond acceptors (Lipinski definition) is 3. The van der Waals surface area contributed by atoms with E-state index in [1.807, 2.05) is 36.4 Å². The Kier molecular flexibility index (Phi) is 9.54. The number of urea groups is 1. The van der Waals surface area contributed by atoms with Crippen molar-refractivity contribution in [3.05, 3.63) is 88.2 Å². The second-order valence-corrected chi connectivity index (χ2v) is 13.9. The largest absolute Gasteiger partial charge is 0.337 e. The Morgan fingerprint density at radius 2 is 1.63 bits per heavy atom. The first-order chi connectivity index (χ1) is 19.7. The van der Waals surface area contributed by atoms with Crippen LogP contribution in [-0.2, 0) is 10.0 Å². The van der Waals surface area contributed by atoms with Crippen molar-refractivity contribution in [2.24, 2.45) is 5.92 Å². The molecule has 3 aromatic carbocycles. The van der Waals surface area contributed by atoms with Gasteiger partial charge in [0.05, 0.1) is 10.3 Å². The van der Waals surface area contributed by atoms with Gasteiger partial charge in [-0.3, -0.25) is 0 Å². The Bertz CT molecular complexity index is 1470. The Hall–Kier alpha value is -2.65. The lowest BCUT2D eigenvalue weighted by atomic mass is 9.80. The van der Waals surface area contributed by atoms with Crippen LogP contribution in [0.3, 0.4) is 0 Å². The van der Waals surface area contributed by atoms with E-state index in [-0.39, 0.29) is 22.1 Å². The number of rotatable bonds is 8. The van der Waals surface area contributed by atoms with Crippen LogP contribution < -0.4 is 10.6 Å². The van der Waals surface area contributed by atoms with Crippen molar-refractivity contribution in [1.29, 1.82) is 0 Å². The fraction of sp³-hybridized carbons (Fsp3) is 0.387. The van der Waals surface area contributed by atoms with Crippen LogP contribution in [0.4, 0.5) is 14.9 Å². The van der Waals surface area contributed by atoms with Gasteiger partial charge in [0, 0.05) is 36.3 Å². The molecule has 2 amide bonds. The molecule has 0 aromatic heterocycles. The van der Waals surface area contributed by atoms with Crippen molar-refractivity contribution in [2.45, 2.75) is 49.7 Å². The zero-order valence-corrected chi connectivity index (χ0v) is 25.0. The predicted octanol–water partition coefficient (Wildman–Crippen LogP) is 7.69. The number of sulfonamides is 1. The molecule has 3 aromatic rings. The quantitative estimate of drug-likeness (QED) is 0.272. The van der Waals surface area contributed by atoms with E-state index in [1.165, 1.54) is 18.2 Å². The standard InChI is InChI=1S/C31H34Cl2FN3O3S/c32-25-5-3-4-24(18-25)21-8-10-22(11-9-21)28(20-35-31(38)36-26-12-13-30(34)29(33)19-26)23-14-16-37(17-15-23)41(39,40)27-6-1-2-7-27/h3-5,8-13,18-19,23,27-28H,1-2,6-7,14-17,20H2,(H2,35,36,38). The summed E-state index contributed by atoms with van der Waals surface area (Å²) < 4.78 is 41.6. The number of nitrogens with one attached hydrogen (secondary N) is 2. The Morgan fingerprint density at radius 1 is 0.927 bits per heavy atom. The molecule has 1 atom stereocenters. The van der Waals surface area contributed by atoms with Crippen LogP contribution >= 0.6 is 23.2 Å². The van der Waals surface area contributed by atoms with Gasteiger partial charge in [-0.05, 0) is 78.6 Å². The van der Waals surface area contributed by atoms with E-state index in [2.05, 4.69) is 22.8 Å². The first-order valence-electron chi connectivity index (χ1n) is 14.1. The maximum Gasteiger partial charge on any atom is 0.319 e. The van der Waals surface area contributed by atoms with E-state index in [0.29, 0.717) is 43.2 Å². The first-order valence-corrected chi connectivity index (χ1v) is 16.3. The van der Waals surface area contributed by atoms with Crippen molar-refractivity contribution < 1.29 is 17.6 Å². The smallest absolute Gasteiger partial charge is 0.319 e. The van der Waals surface area contributed by atoms with Gasteiger partial charge in [-0.25, -0.2) is 21.9 Å². The van der Waals surface area contributed by atoms with Gasteiger partial charge in [0.15, 0.2) is 0 Å². The van der Waals surface area contributed by atoms with Crippen molar-refractivity contribution >= 4 is 44.9 Å². The minimum absolute atomic E-state index is 0.0256. The monoisotopic (exact) mass is 617 g/mol. The third-order valence-corrected chi connectivity index (χ3v) is 11.2. The molecule has 2 fully saturated rings. The molecule has 0 spiro atoms. The van der Waals surface area contributed by atoms with E-state index in [1.54, 1.807) is 4.31 Å². The van der Waals surface area contributed by atoms with E-state index >= 15 is 0 Å². The molecule has 1 aliphatic carbocycles. The van der Waals surface area contributed by atoms with Crippen molar-refractivity contribution in [3.8, 4) is 11.1 Å². The average molecular weight is 619 g/mol. The number of benzene rings is 3. The van der Waals surface area contributed by atoms with E-state index in [4.69, 9.17) is 23.2 Å². The van der Waals surface area contributed by atoms with Gasteiger partial charge in [-0.2, -0.15) is 0 Å². The highest BCUT2D eigenvalue weighted by Crippen LogP contribution is 2.36. The molecule has 1 heterocycles. The number of carbonyl (C=O) groups excluding carboxylic acids is 1. The lowest BCUT2D eigenvalue weighted by Crippen LogP contribution is -2.44. The normalized spacial score (nSPS) is 17.8. The molecular formula is C31H34Cl2FN3O3S. The van der Waals surface area contributed by atoms with Crippen LogP contribution in [0.25, 0.3) is 11.1 Å². The lowest BCUT2D eigenvalue weighted by Gasteiger charge is -2.37. The Labute approximate surface area is 251 Å². The van der Waals surface area contributed by atoms with Crippen LogP contribution in [-0.4, -0.2) is 43.6 Å². The number of anilines is 1. The fourth-order valence-electron chi connectivity index (χ4n) is 6.03. The molecular weight excluding hydrogens is 584 g/mol. The SMILES string of the molecule is O=C(NCC(c1ccc(-c2cccc(Cl)c2)cc1)C1CCN(S(=O)(=O)C2CCCC2)CC1)Nc1ccc(F)c(Cl)c1. The maximum atomic E-state index is 13.5. The third kappa shape index (κ3) is 7.23.